The molecule has 0 saturated carbocycles. The van der Waals surface area contributed by atoms with E-state index in [1.165, 1.54) is 99.2 Å². The molecule has 0 aliphatic heterocycles. The van der Waals surface area contributed by atoms with E-state index >= 15 is 0 Å². The molecule has 0 amide bonds. The highest BCUT2D eigenvalue weighted by atomic mass is 15.0. The van der Waals surface area contributed by atoms with Gasteiger partial charge in [-0.3, -0.25) is 0 Å². The Hall–Kier alpha value is -8.20. The van der Waals surface area contributed by atoms with Crippen LogP contribution >= 0.6 is 0 Å². The molecule has 0 spiro atoms. The molecule has 0 unspecified atom stereocenters. The molecule has 0 radical (unpaired) electrons. The minimum atomic E-state index is 1.14. The number of para-hydroxylation sites is 1. The van der Waals surface area contributed by atoms with Gasteiger partial charge in [0.25, 0.3) is 0 Å². The lowest BCUT2D eigenvalue weighted by Crippen LogP contribution is -1.94. The Bertz CT molecular complexity index is 3560. The molecule has 12 rings (SSSR count). The Morgan fingerprint density at radius 3 is 0.968 bits per heavy atom. The lowest BCUT2D eigenvalue weighted by atomic mass is 9.98. The predicted molar refractivity (Wildman–Crippen MR) is 262 cm³/mol. The van der Waals surface area contributed by atoms with Gasteiger partial charge in [0.2, 0.25) is 0 Å². The van der Waals surface area contributed by atoms with E-state index in [1.54, 1.807) is 0 Å². The van der Waals surface area contributed by atoms with Crippen LogP contribution in [0.3, 0.4) is 0 Å². The van der Waals surface area contributed by atoms with Gasteiger partial charge < -0.3 is 9.13 Å². The monoisotopic (exact) mass is 788 g/mol. The van der Waals surface area contributed by atoms with Crippen molar-refractivity contribution in [3.05, 3.63) is 243 Å². The molecular formula is C60H40N2. The summed E-state index contributed by atoms with van der Waals surface area (Å²) in [6.45, 7) is 0. The normalized spacial score (nSPS) is 11.5. The number of rotatable bonds is 7. The summed E-state index contributed by atoms with van der Waals surface area (Å²) >= 11 is 0. The van der Waals surface area contributed by atoms with Crippen molar-refractivity contribution in [2.24, 2.45) is 0 Å². The highest BCUT2D eigenvalue weighted by Crippen LogP contribution is 2.40. The van der Waals surface area contributed by atoms with Gasteiger partial charge in [-0.15, -0.1) is 0 Å². The van der Waals surface area contributed by atoms with Gasteiger partial charge in [0.15, 0.2) is 0 Å². The summed E-state index contributed by atoms with van der Waals surface area (Å²) < 4.78 is 4.83. The zero-order chi connectivity index (χ0) is 41.0. The topological polar surface area (TPSA) is 9.86 Å². The first-order chi connectivity index (χ1) is 30.7. The van der Waals surface area contributed by atoms with Gasteiger partial charge in [-0.1, -0.05) is 182 Å². The van der Waals surface area contributed by atoms with Crippen molar-refractivity contribution in [2.45, 2.75) is 0 Å². The maximum Gasteiger partial charge on any atom is 0.0547 e. The molecular weight excluding hydrogens is 749 g/mol. The molecule has 0 saturated heterocycles. The summed E-state index contributed by atoms with van der Waals surface area (Å²) in [4.78, 5) is 0. The van der Waals surface area contributed by atoms with Crippen LogP contribution in [0.25, 0.3) is 111 Å². The molecule has 0 N–H and O–H groups in total. The van der Waals surface area contributed by atoms with Gasteiger partial charge >= 0.3 is 0 Å². The smallest absolute Gasteiger partial charge is 0.0547 e. The highest BCUT2D eigenvalue weighted by Gasteiger charge is 2.17. The first kappa shape index (κ1) is 35.7. The van der Waals surface area contributed by atoms with Crippen LogP contribution in [0.2, 0.25) is 0 Å². The van der Waals surface area contributed by atoms with Gasteiger partial charge in [-0.25, -0.2) is 0 Å². The molecule has 12 aromatic rings. The van der Waals surface area contributed by atoms with Crippen LogP contribution in [0.4, 0.5) is 0 Å². The Morgan fingerprint density at radius 1 is 0.177 bits per heavy atom. The summed E-state index contributed by atoms with van der Waals surface area (Å²) in [6, 6.07) is 88.4. The fourth-order valence-corrected chi connectivity index (χ4v) is 9.44. The Morgan fingerprint density at radius 2 is 0.484 bits per heavy atom. The second-order valence-corrected chi connectivity index (χ2v) is 16.2. The molecule has 2 heteroatoms. The lowest BCUT2D eigenvalue weighted by molar-refractivity contribution is 1.18. The van der Waals surface area contributed by atoms with E-state index in [0.717, 1.165) is 11.4 Å². The summed E-state index contributed by atoms with van der Waals surface area (Å²) in [5.74, 6) is 0. The zero-order valence-corrected chi connectivity index (χ0v) is 34.0. The van der Waals surface area contributed by atoms with Crippen molar-refractivity contribution in [2.75, 3.05) is 0 Å². The quantitative estimate of drug-likeness (QED) is 0.152. The highest BCUT2D eigenvalue weighted by molar-refractivity contribution is 6.13. The van der Waals surface area contributed by atoms with E-state index in [1.807, 2.05) is 0 Å². The van der Waals surface area contributed by atoms with Crippen LogP contribution in [0.15, 0.2) is 243 Å². The second-order valence-electron chi connectivity index (χ2n) is 16.2. The minimum Gasteiger partial charge on any atom is -0.309 e. The zero-order valence-electron chi connectivity index (χ0n) is 34.0. The molecule has 0 fully saturated rings. The number of fused-ring (bicyclic) bond motifs is 6. The largest absolute Gasteiger partial charge is 0.309 e. The molecule has 0 bridgehead atoms. The summed E-state index contributed by atoms with van der Waals surface area (Å²) in [6.07, 6.45) is 0. The van der Waals surface area contributed by atoms with Crippen molar-refractivity contribution in [3.63, 3.8) is 0 Å². The van der Waals surface area contributed by atoms with E-state index in [-0.39, 0.29) is 0 Å². The van der Waals surface area contributed by atoms with Crippen molar-refractivity contribution < 1.29 is 0 Å². The molecule has 2 heterocycles. The van der Waals surface area contributed by atoms with Crippen LogP contribution < -0.4 is 0 Å². The van der Waals surface area contributed by atoms with Crippen molar-refractivity contribution in [1.29, 1.82) is 0 Å². The molecule has 290 valence electrons. The van der Waals surface area contributed by atoms with E-state index in [4.69, 9.17) is 0 Å². The summed E-state index contributed by atoms with van der Waals surface area (Å²) in [5.41, 5.74) is 19.2. The number of benzene rings is 10. The molecule has 2 nitrogen and oxygen atoms in total. The summed E-state index contributed by atoms with van der Waals surface area (Å²) in [7, 11) is 0. The van der Waals surface area contributed by atoms with Gasteiger partial charge in [0.05, 0.1) is 22.1 Å². The van der Waals surface area contributed by atoms with E-state index in [9.17, 15) is 0 Å². The Kier molecular flexibility index (Phi) is 8.53. The first-order valence-corrected chi connectivity index (χ1v) is 21.3. The molecule has 2 aromatic heterocycles. The van der Waals surface area contributed by atoms with Crippen LogP contribution in [0.1, 0.15) is 0 Å². The fraction of sp³-hybridized carbons (Fsp3) is 0. The third kappa shape index (κ3) is 6.12. The number of hydrogen-bond donors (Lipinski definition) is 0. The van der Waals surface area contributed by atoms with Gasteiger partial charge in [-0.05, 0) is 116 Å². The van der Waals surface area contributed by atoms with Crippen molar-refractivity contribution >= 4 is 43.6 Å². The van der Waals surface area contributed by atoms with E-state index in [0.29, 0.717) is 0 Å². The van der Waals surface area contributed by atoms with Crippen molar-refractivity contribution in [1.82, 2.24) is 9.13 Å². The van der Waals surface area contributed by atoms with Gasteiger partial charge in [-0.2, -0.15) is 0 Å². The van der Waals surface area contributed by atoms with Crippen LogP contribution in [0.5, 0.6) is 0 Å². The molecule has 62 heavy (non-hydrogen) atoms. The van der Waals surface area contributed by atoms with Crippen LogP contribution in [-0.2, 0) is 0 Å². The number of hydrogen-bond acceptors (Lipinski definition) is 0. The maximum absolute atomic E-state index is 2.44. The van der Waals surface area contributed by atoms with E-state index < -0.39 is 0 Å². The minimum absolute atomic E-state index is 1.14. The molecule has 0 atom stereocenters. The van der Waals surface area contributed by atoms with Gasteiger partial charge in [0, 0.05) is 32.9 Å². The lowest BCUT2D eigenvalue weighted by Gasteiger charge is -2.11. The Labute approximate surface area is 360 Å². The average molecular weight is 789 g/mol. The number of nitrogens with zero attached hydrogens (tertiary/aromatic N) is 2. The third-order valence-electron chi connectivity index (χ3n) is 12.6. The molecule has 10 aromatic carbocycles. The van der Waals surface area contributed by atoms with Crippen LogP contribution in [0, 0.1) is 0 Å². The van der Waals surface area contributed by atoms with Crippen LogP contribution in [-0.4, -0.2) is 9.13 Å². The third-order valence-corrected chi connectivity index (χ3v) is 12.6. The fourth-order valence-electron chi connectivity index (χ4n) is 9.44. The second kappa shape index (κ2) is 14.8. The standard InChI is InChI=1S/C60H40N2/c1-4-12-41(13-5-1)44-20-22-47(23-21-44)50-28-35-54-56-39-49(30-37-59(56)62(60(54)40-50)52-33-26-46(27-34-52)43-16-8-3-9-17-43)48-29-36-58-55(38-48)53-18-10-11-19-57(53)61(58)51-31-24-45(25-32-51)42-14-6-2-7-15-42/h1-40H. The first-order valence-electron chi connectivity index (χ1n) is 21.3. The molecule has 0 aliphatic rings. The predicted octanol–water partition coefficient (Wildman–Crippen LogP) is 16.2. The van der Waals surface area contributed by atoms with Gasteiger partial charge in [0.1, 0.15) is 0 Å². The SMILES string of the molecule is c1ccc(-c2ccc(-c3ccc4c5cc(-c6ccc7c(c6)c6ccccc6n7-c6ccc(-c7ccccc7)cc6)ccc5n(-c5ccc(-c6ccccc6)cc5)c4c3)cc2)cc1. The average Bonchev–Trinajstić information content (AvgIpc) is 3.86. The molecule has 0 aliphatic carbocycles. The summed E-state index contributed by atoms with van der Waals surface area (Å²) in [5, 5.41) is 4.96. The van der Waals surface area contributed by atoms with E-state index in [2.05, 4.69) is 252 Å². The number of aromatic nitrogens is 2. The Balaban J connectivity index is 0.981. The maximum atomic E-state index is 2.44. The van der Waals surface area contributed by atoms with Crippen molar-refractivity contribution in [3.8, 4) is 67.0 Å².